The van der Waals surface area contributed by atoms with Crippen LogP contribution in [0.4, 0.5) is 4.39 Å². The lowest BCUT2D eigenvalue weighted by atomic mass is 10.0. The van der Waals surface area contributed by atoms with Gasteiger partial charge in [0.2, 0.25) is 0 Å². The molecule has 0 aliphatic heterocycles. The first-order valence-electron chi connectivity index (χ1n) is 5.11. The van der Waals surface area contributed by atoms with Crippen LogP contribution in [0.15, 0.2) is 24.3 Å². The van der Waals surface area contributed by atoms with Crippen LogP contribution in [0.2, 0.25) is 0 Å². The van der Waals surface area contributed by atoms with Gasteiger partial charge in [-0.15, -0.1) is 0 Å². The van der Waals surface area contributed by atoms with Crippen LogP contribution >= 0.6 is 0 Å². The van der Waals surface area contributed by atoms with Crippen molar-refractivity contribution in [3.63, 3.8) is 0 Å². The highest BCUT2D eigenvalue weighted by Gasteiger charge is 2.57. The van der Waals surface area contributed by atoms with E-state index in [1.807, 2.05) is 0 Å². The van der Waals surface area contributed by atoms with Crippen molar-refractivity contribution in [2.24, 2.45) is 5.92 Å². The Morgan fingerprint density at radius 1 is 1.62 bits per heavy atom. The van der Waals surface area contributed by atoms with Crippen LogP contribution in [0.25, 0.3) is 0 Å². The van der Waals surface area contributed by atoms with E-state index in [1.54, 1.807) is 18.2 Å². The molecule has 1 N–H and O–H groups in total. The zero-order valence-electron chi connectivity index (χ0n) is 8.94. The second kappa shape index (κ2) is 3.87. The highest BCUT2D eigenvalue weighted by Crippen LogP contribution is 2.56. The van der Waals surface area contributed by atoms with Gasteiger partial charge in [0, 0.05) is 18.1 Å². The third-order valence-electron chi connectivity index (χ3n) is 3.03. The van der Waals surface area contributed by atoms with Gasteiger partial charge >= 0.3 is 5.97 Å². The van der Waals surface area contributed by atoms with Crippen LogP contribution in [0.3, 0.4) is 0 Å². The second-order valence-electron chi connectivity index (χ2n) is 3.98. The number of aliphatic hydroxyl groups excluding tert-OH is 1. The summed E-state index contributed by atoms with van der Waals surface area (Å²) in [4.78, 5) is 11.5. The summed E-state index contributed by atoms with van der Waals surface area (Å²) in [7, 11) is 1.26. The Labute approximate surface area is 92.9 Å². The topological polar surface area (TPSA) is 46.5 Å². The van der Waals surface area contributed by atoms with Crippen LogP contribution in [0.5, 0.6) is 0 Å². The number of methoxy groups -OCH3 is 1. The number of ether oxygens (including phenoxy) is 1. The SMILES string of the molecule is COC(=O)c1ccccc1[C@]1(F)C[C@H]1CO. The molecule has 3 nitrogen and oxygen atoms in total. The van der Waals surface area contributed by atoms with Gasteiger partial charge in [-0.3, -0.25) is 0 Å². The van der Waals surface area contributed by atoms with Gasteiger partial charge in [-0.1, -0.05) is 18.2 Å². The molecule has 1 aromatic rings. The van der Waals surface area contributed by atoms with Crippen LogP contribution in [0.1, 0.15) is 22.3 Å². The van der Waals surface area contributed by atoms with E-state index in [9.17, 15) is 9.18 Å². The van der Waals surface area contributed by atoms with Crippen molar-refractivity contribution in [2.75, 3.05) is 13.7 Å². The van der Waals surface area contributed by atoms with Gasteiger partial charge in [0.1, 0.15) is 5.67 Å². The molecule has 2 atom stereocenters. The van der Waals surface area contributed by atoms with Crippen LogP contribution < -0.4 is 0 Å². The Morgan fingerprint density at radius 2 is 2.31 bits per heavy atom. The summed E-state index contributed by atoms with van der Waals surface area (Å²) in [5.74, 6) is -0.950. The Hall–Kier alpha value is -1.42. The van der Waals surface area contributed by atoms with Crippen molar-refractivity contribution < 1.29 is 19.0 Å². The summed E-state index contributed by atoms with van der Waals surface area (Å²) in [6.07, 6.45) is 0.261. The smallest absolute Gasteiger partial charge is 0.338 e. The molecule has 0 radical (unpaired) electrons. The van der Waals surface area contributed by atoms with E-state index in [-0.39, 0.29) is 18.6 Å². The lowest BCUT2D eigenvalue weighted by Crippen LogP contribution is -2.13. The van der Waals surface area contributed by atoms with E-state index in [2.05, 4.69) is 4.74 Å². The Balaban J connectivity index is 2.38. The number of carbonyl (C=O) groups is 1. The van der Waals surface area contributed by atoms with Crippen molar-refractivity contribution in [3.05, 3.63) is 35.4 Å². The first kappa shape index (κ1) is 11.1. The minimum atomic E-state index is -1.57. The number of benzene rings is 1. The molecule has 1 aliphatic carbocycles. The molecule has 1 saturated carbocycles. The van der Waals surface area contributed by atoms with Gasteiger partial charge in [-0.05, 0) is 12.5 Å². The second-order valence-corrected chi connectivity index (χ2v) is 3.98. The molecule has 0 aromatic heterocycles. The van der Waals surface area contributed by atoms with Crippen molar-refractivity contribution >= 4 is 5.97 Å². The fraction of sp³-hybridized carbons (Fsp3) is 0.417. The summed E-state index contributed by atoms with van der Waals surface area (Å²) in [6.45, 7) is -0.202. The van der Waals surface area contributed by atoms with Gasteiger partial charge in [-0.25, -0.2) is 9.18 Å². The number of rotatable bonds is 3. The molecule has 0 spiro atoms. The number of esters is 1. The van der Waals surface area contributed by atoms with Crippen molar-refractivity contribution in [3.8, 4) is 0 Å². The molecule has 16 heavy (non-hydrogen) atoms. The van der Waals surface area contributed by atoms with Gasteiger partial charge in [0.25, 0.3) is 0 Å². The average Bonchev–Trinajstić information content (AvgIpc) is 3.01. The van der Waals surface area contributed by atoms with Gasteiger partial charge in [0.05, 0.1) is 12.7 Å². The predicted octanol–water partition coefficient (Wildman–Crippen LogP) is 1.65. The Kier molecular flexibility index (Phi) is 2.68. The number of aliphatic hydroxyl groups is 1. The summed E-state index contributed by atoms with van der Waals surface area (Å²) in [5.41, 5.74) is -1.01. The maximum Gasteiger partial charge on any atom is 0.338 e. The number of carbonyl (C=O) groups excluding carboxylic acids is 1. The molecule has 0 heterocycles. The number of alkyl halides is 1. The first-order valence-corrected chi connectivity index (χ1v) is 5.11. The van der Waals surface area contributed by atoms with E-state index >= 15 is 0 Å². The van der Waals surface area contributed by atoms with E-state index in [0.29, 0.717) is 5.56 Å². The standard InChI is InChI=1S/C12H13FO3/c1-16-11(15)9-4-2-3-5-10(9)12(13)6-8(12)7-14/h2-5,8,14H,6-7H2,1H3/t8-,12-/m0/s1. The summed E-state index contributed by atoms with van der Waals surface area (Å²) in [5, 5.41) is 8.93. The maximum absolute atomic E-state index is 14.3. The van der Waals surface area contributed by atoms with Crippen molar-refractivity contribution in [1.29, 1.82) is 0 Å². The summed E-state index contributed by atoms with van der Waals surface area (Å²) < 4.78 is 18.9. The molecular weight excluding hydrogens is 211 g/mol. The van der Waals surface area contributed by atoms with E-state index < -0.39 is 17.6 Å². The molecule has 4 heteroatoms. The first-order chi connectivity index (χ1) is 7.63. The van der Waals surface area contributed by atoms with Gasteiger partial charge < -0.3 is 9.84 Å². The lowest BCUT2D eigenvalue weighted by Gasteiger charge is -2.11. The summed E-state index contributed by atoms with van der Waals surface area (Å²) >= 11 is 0. The van der Waals surface area contributed by atoms with E-state index in [1.165, 1.54) is 13.2 Å². The Bertz CT molecular complexity index is 418. The third-order valence-corrected chi connectivity index (χ3v) is 3.03. The van der Waals surface area contributed by atoms with Crippen LogP contribution in [-0.4, -0.2) is 24.8 Å². The molecule has 86 valence electrons. The van der Waals surface area contributed by atoms with Crippen molar-refractivity contribution in [1.82, 2.24) is 0 Å². The molecule has 0 bridgehead atoms. The molecule has 1 aliphatic rings. The quantitative estimate of drug-likeness (QED) is 0.794. The van der Waals surface area contributed by atoms with E-state index in [4.69, 9.17) is 5.11 Å². The minimum Gasteiger partial charge on any atom is -0.465 e. The Morgan fingerprint density at radius 3 is 2.88 bits per heavy atom. The normalized spacial score (nSPS) is 27.6. The highest BCUT2D eigenvalue weighted by atomic mass is 19.1. The largest absolute Gasteiger partial charge is 0.465 e. The van der Waals surface area contributed by atoms with Crippen LogP contribution in [-0.2, 0) is 10.4 Å². The third kappa shape index (κ3) is 1.59. The van der Waals surface area contributed by atoms with E-state index in [0.717, 1.165) is 0 Å². The molecule has 1 fully saturated rings. The zero-order valence-corrected chi connectivity index (χ0v) is 8.94. The zero-order chi connectivity index (χ0) is 11.8. The fourth-order valence-corrected chi connectivity index (χ4v) is 1.97. The molecule has 0 saturated heterocycles. The molecule has 1 aromatic carbocycles. The maximum atomic E-state index is 14.3. The predicted molar refractivity (Wildman–Crippen MR) is 55.8 cm³/mol. The molecule has 0 unspecified atom stereocenters. The number of hydrogen-bond acceptors (Lipinski definition) is 3. The van der Waals surface area contributed by atoms with Gasteiger partial charge in [-0.2, -0.15) is 0 Å². The fourth-order valence-electron chi connectivity index (χ4n) is 1.97. The van der Waals surface area contributed by atoms with Gasteiger partial charge in [0.15, 0.2) is 0 Å². The number of hydrogen-bond donors (Lipinski definition) is 1. The minimum absolute atomic E-state index is 0.202. The monoisotopic (exact) mass is 224 g/mol. The summed E-state index contributed by atoms with van der Waals surface area (Å²) in [6, 6.07) is 6.45. The number of halogens is 1. The molecular formula is C12H13FO3. The average molecular weight is 224 g/mol. The van der Waals surface area contributed by atoms with Crippen LogP contribution in [0, 0.1) is 5.92 Å². The molecule has 0 amide bonds. The highest BCUT2D eigenvalue weighted by molar-refractivity contribution is 5.91. The molecule has 2 rings (SSSR count). The van der Waals surface area contributed by atoms with Crippen molar-refractivity contribution in [2.45, 2.75) is 12.1 Å². The lowest BCUT2D eigenvalue weighted by molar-refractivity contribution is 0.0595.